The van der Waals surface area contributed by atoms with Crippen molar-refractivity contribution >= 4 is 5.97 Å². The van der Waals surface area contributed by atoms with Gasteiger partial charge in [0.25, 0.3) is 0 Å². The summed E-state index contributed by atoms with van der Waals surface area (Å²) >= 11 is 0. The van der Waals surface area contributed by atoms with Crippen LogP contribution in [0.4, 0.5) is 17.6 Å². The van der Waals surface area contributed by atoms with Crippen molar-refractivity contribution in [2.75, 3.05) is 7.11 Å². The average Bonchev–Trinajstić information content (AvgIpc) is 2.28. The zero-order valence-corrected chi connectivity index (χ0v) is 9.62. The third-order valence-corrected chi connectivity index (χ3v) is 2.03. The molecule has 106 valence electrons. The van der Waals surface area contributed by atoms with Crippen LogP contribution in [0.2, 0.25) is 0 Å². The number of carboxylic acid groups (broad SMARTS) is 1. The zero-order chi connectivity index (χ0) is 14.6. The molecular weight excluding hydrogens is 274 g/mol. The van der Waals surface area contributed by atoms with Crippen LogP contribution in [0.15, 0.2) is 6.07 Å². The van der Waals surface area contributed by atoms with Crippen molar-refractivity contribution in [2.24, 2.45) is 0 Å². The Hall–Kier alpha value is -2.06. The minimum atomic E-state index is -5.03. The summed E-state index contributed by atoms with van der Waals surface area (Å²) in [4.78, 5) is 14.1. The van der Waals surface area contributed by atoms with E-state index in [2.05, 4.69) is 14.5 Å². The highest BCUT2D eigenvalue weighted by Crippen LogP contribution is 2.31. The molecule has 9 heteroatoms. The Labute approximate surface area is 104 Å². The molecular formula is C10H9F4NO4. The summed E-state index contributed by atoms with van der Waals surface area (Å²) in [5.74, 6) is -2.58. The van der Waals surface area contributed by atoms with Crippen LogP contribution < -0.4 is 9.47 Å². The van der Waals surface area contributed by atoms with Gasteiger partial charge in [0.05, 0.1) is 19.2 Å². The molecule has 5 nitrogen and oxygen atoms in total. The number of nitrogens with zero attached hydrogens (tertiary/aromatic N) is 1. The molecule has 1 aromatic rings. The Bertz CT molecular complexity index is 475. The van der Waals surface area contributed by atoms with Crippen molar-refractivity contribution < 1.29 is 36.9 Å². The standard InChI is InChI=1S/C10H9F4NO4/c1-18-8-3-7(19-10(12,13)14)5(2-9(16)17)6(4-11)15-8/h3H,2,4H2,1H3,(H,16,17). The number of hydrogen-bond donors (Lipinski definition) is 1. The van der Waals surface area contributed by atoms with E-state index in [1.54, 1.807) is 0 Å². The number of hydrogen-bond acceptors (Lipinski definition) is 4. The monoisotopic (exact) mass is 283 g/mol. The fourth-order valence-electron chi connectivity index (χ4n) is 1.35. The zero-order valence-electron chi connectivity index (χ0n) is 9.62. The van der Waals surface area contributed by atoms with Crippen molar-refractivity contribution in [3.05, 3.63) is 17.3 Å². The van der Waals surface area contributed by atoms with E-state index in [1.807, 2.05) is 0 Å². The summed E-state index contributed by atoms with van der Waals surface area (Å²) in [5.41, 5.74) is -0.950. The first-order chi connectivity index (χ1) is 8.76. The summed E-state index contributed by atoms with van der Waals surface area (Å²) in [6.07, 6.45) is -5.88. The molecule has 0 unspecified atom stereocenters. The minimum absolute atomic E-state index is 0.305. The van der Waals surface area contributed by atoms with Gasteiger partial charge in [0.2, 0.25) is 5.88 Å². The number of alkyl halides is 4. The molecule has 0 saturated heterocycles. The molecule has 0 bridgehead atoms. The number of ether oxygens (including phenoxy) is 2. The van der Waals surface area contributed by atoms with E-state index in [9.17, 15) is 22.4 Å². The summed E-state index contributed by atoms with van der Waals surface area (Å²) in [7, 11) is 1.12. The van der Waals surface area contributed by atoms with E-state index in [0.29, 0.717) is 0 Å². The lowest BCUT2D eigenvalue weighted by atomic mass is 10.1. The third-order valence-electron chi connectivity index (χ3n) is 2.03. The Kier molecular flexibility index (Phi) is 4.52. The fraction of sp³-hybridized carbons (Fsp3) is 0.400. The maximum Gasteiger partial charge on any atom is 0.573 e. The van der Waals surface area contributed by atoms with Crippen LogP contribution in [0.3, 0.4) is 0 Å². The van der Waals surface area contributed by atoms with Gasteiger partial charge in [-0.05, 0) is 0 Å². The molecule has 1 aromatic heterocycles. The summed E-state index contributed by atoms with van der Waals surface area (Å²) in [5, 5.41) is 8.62. The van der Waals surface area contributed by atoms with Gasteiger partial charge in [-0.2, -0.15) is 0 Å². The predicted molar refractivity (Wildman–Crippen MR) is 53.6 cm³/mol. The fourth-order valence-corrected chi connectivity index (χ4v) is 1.35. The van der Waals surface area contributed by atoms with E-state index in [0.717, 1.165) is 13.2 Å². The number of methoxy groups -OCH3 is 1. The van der Waals surface area contributed by atoms with E-state index in [-0.39, 0.29) is 5.88 Å². The predicted octanol–water partition coefficient (Wildman–Crippen LogP) is 2.09. The second-order valence-electron chi connectivity index (χ2n) is 3.34. The largest absolute Gasteiger partial charge is 0.573 e. The van der Waals surface area contributed by atoms with Crippen molar-refractivity contribution in [3.8, 4) is 11.6 Å². The minimum Gasteiger partial charge on any atom is -0.481 e. The third kappa shape index (κ3) is 4.27. The Morgan fingerprint density at radius 2 is 2.11 bits per heavy atom. The first-order valence-corrected chi connectivity index (χ1v) is 4.87. The Morgan fingerprint density at radius 3 is 2.53 bits per heavy atom. The smallest absolute Gasteiger partial charge is 0.481 e. The van der Waals surface area contributed by atoms with Crippen LogP contribution in [0.5, 0.6) is 11.6 Å². The average molecular weight is 283 g/mol. The Morgan fingerprint density at radius 1 is 1.47 bits per heavy atom. The summed E-state index contributed by atoms with van der Waals surface area (Å²) < 4.78 is 57.6. The number of halogens is 4. The van der Waals surface area contributed by atoms with Crippen LogP contribution >= 0.6 is 0 Å². The van der Waals surface area contributed by atoms with Gasteiger partial charge >= 0.3 is 12.3 Å². The van der Waals surface area contributed by atoms with E-state index < -0.39 is 42.4 Å². The van der Waals surface area contributed by atoms with Gasteiger partial charge in [-0.1, -0.05) is 0 Å². The molecule has 0 spiro atoms. The molecule has 1 N–H and O–H groups in total. The van der Waals surface area contributed by atoms with Gasteiger partial charge in [-0.3, -0.25) is 4.79 Å². The number of carboxylic acids is 1. The molecule has 0 aromatic carbocycles. The number of rotatable bonds is 5. The normalized spacial score (nSPS) is 11.2. The van der Waals surface area contributed by atoms with Crippen molar-refractivity contribution in [3.63, 3.8) is 0 Å². The highest BCUT2D eigenvalue weighted by Gasteiger charge is 2.33. The maximum atomic E-state index is 12.7. The lowest BCUT2D eigenvalue weighted by molar-refractivity contribution is -0.275. The van der Waals surface area contributed by atoms with Crippen LogP contribution in [0.1, 0.15) is 11.3 Å². The molecule has 0 aliphatic carbocycles. The summed E-state index contributed by atoms with van der Waals surface area (Å²) in [6, 6.07) is 0.755. The van der Waals surface area contributed by atoms with Crippen molar-refractivity contribution in [2.45, 2.75) is 19.5 Å². The van der Waals surface area contributed by atoms with Crippen LogP contribution in [0.25, 0.3) is 0 Å². The van der Waals surface area contributed by atoms with E-state index >= 15 is 0 Å². The number of aromatic nitrogens is 1. The topological polar surface area (TPSA) is 68.7 Å². The van der Waals surface area contributed by atoms with Gasteiger partial charge in [-0.25, -0.2) is 9.37 Å². The van der Waals surface area contributed by atoms with Gasteiger partial charge < -0.3 is 14.6 Å². The number of pyridine rings is 1. The molecule has 0 aliphatic heterocycles. The molecule has 1 rings (SSSR count). The first kappa shape index (κ1) is 15.0. The molecule has 0 aliphatic rings. The molecule has 0 atom stereocenters. The van der Waals surface area contributed by atoms with Crippen LogP contribution in [-0.2, 0) is 17.9 Å². The lowest BCUT2D eigenvalue weighted by Crippen LogP contribution is -2.20. The second kappa shape index (κ2) is 5.72. The van der Waals surface area contributed by atoms with Crippen LogP contribution in [0, 0.1) is 0 Å². The van der Waals surface area contributed by atoms with Gasteiger partial charge in [0.1, 0.15) is 12.4 Å². The number of carbonyl (C=O) groups is 1. The quantitative estimate of drug-likeness (QED) is 0.838. The van der Waals surface area contributed by atoms with Crippen molar-refractivity contribution in [1.82, 2.24) is 4.98 Å². The van der Waals surface area contributed by atoms with Gasteiger partial charge in [0.15, 0.2) is 0 Å². The molecule has 0 saturated carbocycles. The highest BCUT2D eigenvalue weighted by atomic mass is 19.4. The lowest BCUT2D eigenvalue weighted by Gasteiger charge is -2.15. The van der Waals surface area contributed by atoms with Gasteiger partial charge in [0, 0.05) is 11.6 Å². The molecule has 19 heavy (non-hydrogen) atoms. The second-order valence-corrected chi connectivity index (χ2v) is 3.34. The highest BCUT2D eigenvalue weighted by molar-refractivity contribution is 5.72. The van der Waals surface area contributed by atoms with Gasteiger partial charge in [-0.15, -0.1) is 13.2 Å². The maximum absolute atomic E-state index is 12.7. The van der Waals surface area contributed by atoms with E-state index in [4.69, 9.17) is 5.11 Å². The van der Waals surface area contributed by atoms with Crippen molar-refractivity contribution in [1.29, 1.82) is 0 Å². The molecule has 0 amide bonds. The first-order valence-electron chi connectivity index (χ1n) is 4.87. The molecule has 0 radical (unpaired) electrons. The molecule has 1 heterocycles. The van der Waals surface area contributed by atoms with E-state index in [1.165, 1.54) is 0 Å². The number of aliphatic carboxylic acids is 1. The summed E-state index contributed by atoms with van der Waals surface area (Å²) in [6.45, 7) is -1.24. The van der Waals surface area contributed by atoms with Crippen LogP contribution in [-0.4, -0.2) is 29.5 Å². The SMILES string of the molecule is COc1cc(OC(F)(F)F)c(CC(=O)O)c(CF)n1. The molecule has 0 fully saturated rings. The Balaban J connectivity index is 3.32.